The molecule has 0 N–H and O–H groups in total. The van der Waals surface area contributed by atoms with Crippen LogP contribution < -0.4 is 5.11 Å². The number of nitrogens with zero attached hydrogens (tertiary/aromatic N) is 3. The van der Waals surface area contributed by atoms with E-state index in [9.17, 15) is 5.11 Å². The fraction of sp³-hybridized carbons (Fsp3) is 0.500. The summed E-state index contributed by atoms with van der Waals surface area (Å²) in [5.41, 5.74) is 1.17. The molecule has 0 aliphatic carbocycles. The standard InChI is InChI=1S/C12H17N3O/c1-10(16)14-15(2)8-4-6-12(15)11-5-3-7-13-9-11/h3,5,7,9,12H,4,6,8H2,1-2H3/t12-,15-/m0/s1. The minimum absolute atomic E-state index is 0.0988. The normalized spacial score (nSPS) is 30.6. The highest BCUT2D eigenvalue weighted by Gasteiger charge is 2.39. The molecule has 1 aliphatic heterocycles. The first-order chi connectivity index (χ1) is 7.62. The predicted octanol–water partition coefficient (Wildman–Crippen LogP) is 1.06. The van der Waals surface area contributed by atoms with Crippen molar-refractivity contribution < 1.29 is 9.70 Å². The minimum atomic E-state index is -0.0988. The lowest BCUT2D eigenvalue weighted by Crippen LogP contribution is -2.40. The molecule has 0 aromatic carbocycles. The van der Waals surface area contributed by atoms with Gasteiger partial charge in [-0.1, -0.05) is 0 Å². The number of rotatable bonds is 2. The summed E-state index contributed by atoms with van der Waals surface area (Å²) in [5.74, 6) is -0.0988. The van der Waals surface area contributed by atoms with E-state index in [4.69, 9.17) is 0 Å². The molecule has 4 nitrogen and oxygen atoms in total. The summed E-state index contributed by atoms with van der Waals surface area (Å²) >= 11 is 0. The molecule has 2 rings (SSSR count). The van der Waals surface area contributed by atoms with Gasteiger partial charge in [-0.3, -0.25) is 4.98 Å². The molecule has 1 saturated heterocycles. The fourth-order valence-corrected chi connectivity index (χ4v) is 2.54. The van der Waals surface area contributed by atoms with E-state index >= 15 is 0 Å². The van der Waals surface area contributed by atoms with Gasteiger partial charge in [0, 0.05) is 36.7 Å². The monoisotopic (exact) mass is 219 g/mol. The van der Waals surface area contributed by atoms with Gasteiger partial charge in [0.1, 0.15) is 12.6 Å². The van der Waals surface area contributed by atoms with E-state index in [1.807, 2.05) is 19.3 Å². The lowest BCUT2D eigenvalue weighted by molar-refractivity contribution is -0.934. The maximum atomic E-state index is 11.2. The quantitative estimate of drug-likeness (QED) is 0.424. The number of quaternary nitrogens is 1. The van der Waals surface area contributed by atoms with Crippen LogP contribution in [0.4, 0.5) is 0 Å². The second-order valence-electron chi connectivity index (χ2n) is 4.50. The first-order valence-electron chi connectivity index (χ1n) is 5.61. The number of pyridine rings is 1. The van der Waals surface area contributed by atoms with Crippen LogP contribution in [-0.4, -0.2) is 29.1 Å². The summed E-state index contributed by atoms with van der Waals surface area (Å²) in [5, 5.41) is 15.4. The van der Waals surface area contributed by atoms with E-state index in [-0.39, 0.29) is 11.9 Å². The van der Waals surface area contributed by atoms with Crippen LogP contribution in [0.5, 0.6) is 0 Å². The van der Waals surface area contributed by atoms with Gasteiger partial charge in [-0.15, -0.1) is 5.10 Å². The Hall–Kier alpha value is -1.42. The molecule has 0 amide bonds. The highest BCUT2D eigenvalue weighted by atomic mass is 16.3. The van der Waals surface area contributed by atoms with Crippen LogP contribution in [-0.2, 0) is 0 Å². The zero-order valence-electron chi connectivity index (χ0n) is 9.76. The van der Waals surface area contributed by atoms with Crippen LogP contribution in [0.2, 0.25) is 0 Å². The lowest BCUT2D eigenvalue weighted by atomic mass is 10.1. The van der Waals surface area contributed by atoms with E-state index in [2.05, 4.69) is 16.2 Å². The van der Waals surface area contributed by atoms with Crippen LogP contribution >= 0.6 is 0 Å². The Kier molecular flexibility index (Phi) is 2.92. The molecule has 2 atom stereocenters. The first kappa shape index (κ1) is 11.1. The van der Waals surface area contributed by atoms with E-state index in [0.29, 0.717) is 4.59 Å². The van der Waals surface area contributed by atoms with Crippen molar-refractivity contribution in [2.45, 2.75) is 25.8 Å². The number of hydrogen-bond donors (Lipinski definition) is 0. The Morgan fingerprint density at radius 1 is 1.62 bits per heavy atom. The molecule has 16 heavy (non-hydrogen) atoms. The van der Waals surface area contributed by atoms with Gasteiger partial charge in [0.25, 0.3) is 0 Å². The van der Waals surface area contributed by atoms with Gasteiger partial charge in [-0.05, 0) is 19.1 Å². The largest absolute Gasteiger partial charge is 0.858 e. The van der Waals surface area contributed by atoms with Crippen LogP contribution in [0.15, 0.2) is 29.6 Å². The van der Waals surface area contributed by atoms with Crippen molar-refractivity contribution in [2.24, 2.45) is 5.10 Å². The summed E-state index contributed by atoms with van der Waals surface area (Å²) < 4.78 is 0.473. The van der Waals surface area contributed by atoms with E-state index < -0.39 is 0 Å². The van der Waals surface area contributed by atoms with Crippen molar-refractivity contribution in [2.75, 3.05) is 13.6 Å². The molecule has 1 aromatic rings. The van der Waals surface area contributed by atoms with Gasteiger partial charge in [0.15, 0.2) is 0 Å². The molecule has 2 heterocycles. The molecule has 1 aromatic heterocycles. The van der Waals surface area contributed by atoms with Crippen LogP contribution in [0.1, 0.15) is 31.4 Å². The topological polar surface area (TPSA) is 48.3 Å². The third-order valence-electron chi connectivity index (χ3n) is 3.20. The summed E-state index contributed by atoms with van der Waals surface area (Å²) in [4.78, 5) is 4.14. The molecule has 0 unspecified atom stereocenters. The number of likely N-dealkylation sites (tertiary alicyclic amines) is 1. The molecule has 0 radical (unpaired) electrons. The van der Waals surface area contributed by atoms with Crippen molar-refractivity contribution in [1.82, 2.24) is 4.98 Å². The van der Waals surface area contributed by atoms with Crippen molar-refractivity contribution in [1.29, 1.82) is 0 Å². The zero-order valence-corrected chi connectivity index (χ0v) is 9.76. The summed E-state index contributed by atoms with van der Waals surface area (Å²) in [7, 11) is 2.02. The van der Waals surface area contributed by atoms with Gasteiger partial charge in [-0.25, -0.2) is 0 Å². The van der Waals surface area contributed by atoms with Gasteiger partial charge < -0.3 is 5.11 Å². The molecule has 0 spiro atoms. The minimum Gasteiger partial charge on any atom is -0.858 e. The fourth-order valence-electron chi connectivity index (χ4n) is 2.54. The summed E-state index contributed by atoms with van der Waals surface area (Å²) in [6.45, 7) is 2.45. The highest BCUT2D eigenvalue weighted by Crippen LogP contribution is 2.37. The molecule has 0 bridgehead atoms. The average Bonchev–Trinajstić information content (AvgIpc) is 2.60. The van der Waals surface area contributed by atoms with E-state index in [0.717, 1.165) is 19.4 Å². The zero-order chi connectivity index (χ0) is 11.6. The molecule has 1 aliphatic rings. The highest BCUT2D eigenvalue weighted by molar-refractivity contribution is 5.67. The maximum absolute atomic E-state index is 11.2. The Morgan fingerprint density at radius 2 is 2.44 bits per heavy atom. The van der Waals surface area contributed by atoms with Crippen LogP contribution in [0.3, 0.4) is 0 Å². The Bertz CT molecular complexity index is 387. The van der Waals surface area contributed by atoms with Gasteiger partial charge in [0.2, 0.25) is 0 Å². The Morgan fingerprint density at radius 3 is 3.06 bits per heavy atom. The summed E-state index contributed by atoms with van der Waals surface area (Å²) in [6, 6.07) is 4.28. The third kappa shape index (κ3) is 2.07. The predicted molar refractivity (Wildman–Crippen MR) is 60.4 cm³/mol. The van der Waals surface area contributed by atoms with E-state index in [1.165, 1.54) is 12.5 Å². The second kappa shape index (κ2) is 4.22. The van der Waals surface area contributed by atoms with Crippen molar-refractivity contribution in [3.8, 4) is 0 Å². The molecule has 1 fully saturated rings. The molecular weight excluding hydrogens is 202 g/mol. The molecule has 0 saturated carbocycles. The Labute approximate surface area is 95.8 Å². The van der Waals surface area contributed by atoms with Gasteiger partial charge >= 0.3 is 0 Å². The molecule has 4 heteroatoms. The van der Waals surface area contributed by atoms with Crippen molar-refractivity contribution in [3.63, 3.8) is 0 Å². The van der Waals surface area contributed by atoms with Crippen LogP contribution in [0, 0.1) is 0 Å². The van der Waals surface area contributed by atoms with Gasteiger partial charge in [-0.2, -0.15) is 4.59 Å². The van der Waals surface area contributed by atoms with Crippen molar-refractivity contribution in [3.05, 3.63) is 30.1 Å². The summed E-state index contributed by atoms with van der Waals surface area (Å²) in [6.07, 6.45) is 5.82. The van der Waals surface area contributed by atoms with Gasteiger partial charge in [0.05, 0.1) is 7.05 Å². The molecular formula is C12H17N3O. The lowest BCUT2D eigenvalue weighted by Gasteiger charge is -2.31. The average molecular weight is 219 g/mol. The van der Waals surface area contributed by atoms with Crippen LogP contribution in [0.25, 0.3) is 0 Å². The number of aromatic nitrogens is 1. The SMILES string of the molecule is C/C([O-])=N/[N@@+]1(C)CCC[C@H]1c1cccnc1. The maximum Gasteiger partial charge on any atom is 0.140 e. The van der Waals surface area contributed by atoms with E-state index in [1.54, 1.807) is 6.20 Å². The van der Waals surface area contributed by atoms with Crippen molar-refractivity contribution >= 4 is 5.90 Å². The smallest absolute Gasteiger partial charge is 0.140 e. The third-order valence-corrected chi connectivity index (χ3v) is 3.20. The number of hydrogen-bond acceptors (Lipinski definition) is 3. The molecule has 86 valence electrons. The first-order valence-corrected chi connectivity index (χ1v) is 5.61. The Balaban J connectivity index is 2.31. The second-order valence-corrected chi connectivity index (χ2v) is 4.50.